The van der Waals surface area contributed by atoms with Crippen LogP contribution in [0.4, 0.5) is 0 Å². The molecular formula is C12H33BNa2O8S2. The van der Waals surface area contributed by atoms with Crippen molar-refractivity contribution in [2.24, 2.45) is 0 Å². The largest absolute Gasteiger partial charge is 1.00 e. The van der Waals surface area contributed by atoms with Crippen LogP contribution in [-0.4, -0.2) is 71.4 Å². The minimum atomic E-state index is -4.67. The van der Waals surface area contributed by atoms with Crippen LogP contribution in [0.1, 0.15) is 71.1 Å². The number of hydrogen-bond donors (Lipinski definition) is 4. The molecule has 0 rings (SSSR count). The molecular weight excluding hydrogens is 393 g/mol. The average molecular weight is 426 g/mol. The molecule has 0 aromatic rings. The molecule has 0 spiro atoms. The molecule has 13 heteroatoms. The van der Waals surface area contributed by atoms with Crippen LogP contribution in [0.2, 0.25) is 3.67 Å². The summed E-state index contributed by atoms with van der Waals surface area (Å²) in [5.74, 6) is 0. The van der Waals surface area contributed by atoms with Gasteiger partial charge in [-0.1, -0.05) is 8.41 Å². The monoisotopic (exact) mass is 426 g/mol. The maximum Gasteiger partial charge on any atom is 1.00 e. The van der Waals surface area contributed by atoms with Gasteiger partial charge in [-0.2, -0.15) is 16.8 Å². The van der Waals surface area contributed by atoms with Crippen LogP contribution in [-0.2, 0) is 20.8 Å². The first kappa shape index (κ1) is 37.5. The summed E-state index contributed by atoms with van der Waals surface area (Å²) in [7, 11) is -9.33. The fourth-order valence-corrected chi connectivity index (χ4v) is 2.24. The summed E-state index contributed by atoms with van der Waals surface area (Å²) in [6, 6.07) is 0. The molecule has 0 amide bonds. The summed E-state index contributed by atoms with van der Waals surface area (Å²) >= 11 is 1.41. The standard InChI is InChI=1S/C12H25.BH4.2Na.2H2O4S/c1-3-5-7-9-11-12-10-8-6-4-2;;;;2*1-5(2,3)4/h1,3-12H2,2H3;1H4;;;2*(H2,1,2,3,4)/q;-1;;+1;;. The molecule has 25 heavy (non-hydrogen) atoms. The zero-order chi connectivity index (χ0) is 18.8. The smallest absolute Gasteiger partial charge is 0.264 e. The van der Waals surface area contributed by atoms with Crippen molar-refractivity contribution >= 4 is 57.1 Å². The fraction of sp³-hybridized carbons (Fsp3) is 1.00. The van der Waals surface area contributed by atoms with Crippen molar-refractivity contribution in [1.29, 1.82) is 0 Å². The van der Waals surface area contributed by atoms with Gasteiger partial charge in [-0.25, -0.2) is 0 Å². The molecule has 0 radical (unpaired) electrons. The predicted octanol–water partition coefficient (Wildman–Crippen LogP) is -1.26. The first-order valence-corrected chi connectivity index (χ1v) is 12.0. The van der Waals surface area contributed by atoms with Gasteiger partial charge in [0.05, 0.1) is 0 Å². The van der Waals surface area contributed by atoms with Crippen molar-refractivity contribution in [3.8, 4) is 0 Å². The Balaban J connectivity index is -0.0000000933. The van der Waals surface area contributed by atoms with E-state index in [2.05, 4.69) is 6.92 Å². The Morgan fingerprint density at radius 2 is 0.840 bits per heavy atom. The summed E-state index contributed by atoms with van der Waals surface area (Å²) in [4.78, 5) is 0. The van der Waals surface area contributed by atoms with Crippen LogP contribution in [0.25, 0.3) is 0 Å². The molecule has 0 aliphatic rings. The molecule has 0 aliphatic heterocycles. The zero-order valence-corrected chi connectivity index (χ0v) is 20.6. The van der Waals surface area contributed by atoms with E-state index in [1.165, 1.54) is 95.8 Å². The number of unbranched alkanes of at least 4 members (excludes halogenated alkanes) is 9. The molecule has 0 heterocycles. The molecule has 0 bridgehead atoms. The molecule has 8 nitrogen and oxygen atoms in total. The second-order valence-corrected chi connectivity index (χ2v) is 7.87. The van der Waals surface area contributed by atoms with Gasteiger partial charge in [0.2, 0.25) is 0 Å². The van der Waals surface area contributed by atoms with Crippen LogP contribution in [0.15, 0.2) is 0 Å². The van der Waals surface area contributed by atoms with Gasteiger partial charge in [0.15, 0.2) is 0 Å². The van der Waals surface area contributed by atoms with Gasteiger partial charge in [0, 0.05) is 0 Å². The summed E-state index contributed by atoms with van der Waals surface area (Å²) in [6.45, 7) is 2.29. The van der Waals surface area contributed by atoms with Gasteiger partial charge in [0.1, 0.15) is 0 Å². The molecule has 0 aliphatic carbocycles. The molecule has 0 unspecified atom stereocenters. The summed E-state index contributed by atoms with van der Waals surface area (Å²) < 4.78 is 64.7. The third kappa shape index (κ3) is 105. The SMILES string of the molecule is CCCCCCCCCCC[CH2][Na].O=S(=O)(O)O.O=S(=O)(O)O.[BH4-].[Na+]. The second-order valence-electron chi connectivity index (χ2n) is 5.08. The van der Waals surface area contributed by atoms with Gasteiger partial charge in [0.25, 0.3) is 0 Å². The van der Waals surface area contributed by atoms with Crippen molar-refractivity contribution in [3.63, 3.8) is 0 Å². The van der Waals surface area contributed by atoms with E-state index in [1.807, 2.05) is 0 Å². The summed E-state index contributed by atoms with van der Waals surface area (Å²) in [5.41, 5.74) is 0. The Bertz CT molecular complexity index is 376. The quantitative estimate of drug-likeness (QED) is 0.192. The van der Waals surface area contributed by atoms with Gasteiger partial charge >= 0.3 is 153 Å². The molecule has 146 valence electrons. The van der Waals surface area contributed by atoms with Crippen molar-refractivity contribution in [2.75, 3.05) is 0 Å². The van der Waals surface area contributed by atoms with E-state index < -0.39 is 20.8 Å². The van der Waals surface area contributed by atoms with E-state index in [-0.39, 0.29) is 38.0 Å². The Labute approximate surface area is 194 Å². The van der Waals surface area contributed by atoms with E-state index in [0.29, 0.717) is 0 Å². The Morgan fingerprint density at radius 3 is 1.04 bits per heavy atom. The first-order valence-electron chi connectivity index (χ1n) is 7.81. The van der Waals surface area contributed by atoms with E-state index in [1.54, 1.807) is 0 Å². The predicted molar refractivity (Wildman–Crippen MR) is 102 cm³/mol. The Kier molecular flexibility index (Phi) is 38.8. The van der Waals surface area contributed by atoms with Gasteiger partial charge in [-0.05, 0) is 0 Å². The maximum atomic E-state index is 8.74. The Morgan fingerprint density at radius 1 is 0.640 bits per heavy atom. The topological polar surface area (TPSA) is 149 Å². The molecule has 0 saturated carbocycles. The van der Waals surface area contributed by atoms with E-state index >= 15 is 0 Å². The van der Waals surface area contributed by atoms with Crippen molar-refractivity contribution in [1.82, 2.24) is 0 Å². The number of rotatable bonds is 10. The third-order valence-electron chi connectivity index (χ3n) is 2.71. The van der Waals surface area contributed by atoms with Crippen LogP contribution in [0.5, 0.6) is 0 Å². The molecule has 0 aromatic heterocycles. The van der Waals surface area contributed by atoms with Crippen molar-refractivity contribution < 1.29 is 64.6 Å². The van der Waals surface area contributed by atoms with Crippen molar-refractivity contribution in [3.05, 3.63) is 0 Å². The second kappa shape index (κ2) is 25.8. The molecule has 0 aromatic carbocycles. The van der Waals surface area contributed by atoms with Gasteiger partial charge in [-0.3, -0.25) is 18.2 Å². The van der Waals surface area contributed by atoms with Crippen LogP contribution >= 0.6 is 0 Å². The van der Waals surface area contributed by atoms with E-state index in [4.69, 9.17) is 35.0 Å². The van der Waals surface area contributed by atoms with Crippen LogP contribution in [0.3, 0.4) is 0 Å². The zero-order valence-electron chi connectivity index (χ0n) is 15.0. The van der Waals surface area contributed by atoms with Gasteiger partial charge < -0.3 is 0 Å². The number of hydrogen-bond acceptors (Lipinski definition) is 4. The first-order chi connectivity index (χ1) is 10.4. The Hall–Kier alpha value is 1.80. The summed E-state index contributed by atoms with van der Waals surface area (Å²) in [5, 5.41) is 0. The minimum Gasteiger partial charge on any atom is -0.264 e. The molecule has 4 N–H and O–H groups in total. The molecule has 0 saturated heterocycles. The fourth-order valence-electron chi connectivity index (χ4n) is 1.74. The van der Waals surface area contributed by atoms with Crippen molar-refractivity contribution in [2.45, 2.75) is 74.8 Å². The van der Waals surface area contributed by atoms with Crippen LogP contribution < -0.4 is 29.6 Å². The molecule has 0 fully saturated rings. The maximum absolute atomic E-state index is 8.74. The van der Waals surface area contributed by atoms with E-state index in [0.717, 1.165) is 0 Å². The van der Waals surface area contributed by atoms with Gasteiger partial charge in [-0.15, -0.1) is 0 Å². The van der Waals surface area contributed by atoms with Crippen LogP contribution in [0, 0.1) is 0 Å². The minimum absolute atomic E-state index is 0. The average Bonchev–Trinajstić information content (AvgIpc) is 2.33. The normalized spacial score (nSPS) is 10.2. The summed E-state index contributed by atoms with van der Waals surface area (Å²) in [6.07, 6.45) is 14.7. The molecule has 0 atom stereocenters. The van der Waals surface area contributed by atoms with E-state index in [9.17, 15) is 0 Å². The third-order valence-corrected chi connectivity index (χ3v) is 3.41.